The van der Waals surface area contributed by atoms with Gasteiger partial charge in [0, 0.05) is 31.2 Å². The Balaban J connectivity index is 1.56. The predicted molar refractivity (Wildman–Crippen MR) is 81.6 cm³/mol. The van der Waals surface area contributed by atoms with E-state index in [2.05, 4.69) is 15.3 Å². The van der Waals surface area contributed by atoms with Crippen LogP contribution in [0.2, 0.25) is 0 Å². The Bertz CT molecular complexity index is 725. The van der Waals surface area contributed by atoms with E-state index in [1.165, 1.54) is 0 Å². The van der Waals surface area contributed by atoms with Crippen LogP contribution >= 0.6 is 0 Å². The lowest BCUT2D eigenvalue weighted by molar-refractivity contribution is -0.124. The summed E-state index contributed by atoms with van der Waals surface area (Å²) in [6.07, 6.45) is 8.89. The zero-order valence-electron chi connectivity index (χ0n) is 12.5. The summed E-state index contributed by atoms with van der Waals surface area (Å²) in [5.74, 6) is 0.840. The number of aryl methyl sites for hydroxylation is 1. The highest BCUT2D eigenvalue weighted by Crippen LogP contribution is 2.46. The van der Waals surface area contributed by atoms with Crippen LogP contribution in [0.1, 0.15) is 31.4 Å². The lowest BCUT2D eigenvalue weighted by Crippen LogP contribution is -2.47. The lowest BCUT2D eigenvalue weighted by atomic mass is 10.1. The minimum Gasteiger partial charge on any atom is -0.343 e. The van der Waals surface area contributed by atoms with E-state index in [1.807, 2.05) is 36.1 Å². The Kier molecular flexibility index (Phi) is 2.69. The first-order chi connectivity index (χ1) is 10.5. The van der Waals surface area contributed by atoms with Crippen molar-refractivity contribution in [3.05, 3.63) is 36.4 Å². The molecule has 2 aromatic rings. The van der Waals surface area contributed by atoms with Crippen LogP contribution in [0.4, 0.5) is 0 Å². The maximum atomic E-state index is 12.2. The number of nitrogens with zero attached hydrogens (tertiary/aromatic N) is 3. The van der Waals surface area contributed by atoms with Gasteiger partial charge in [-0.15, -0.1) is 0 Å². The second-order valence-electron chi connectivity index (χ2n) is 6.49. The first kappa shape index (κ1) is 13.5. The van der Waals surface area contributed by atoms with Gasteiger partial charge >= 0.3 is 0 Å². The number of pyridine rings is 1. The van der Waals surface area contributed by atoms with Gasteiger partial charge in [0.25, 0.3) is 0 Å². The zero-order chi connectivity index (χ0) is 15.4. The molecule has 0 aliphatic heterocycles. The molecule has 2 heterocycles. The van der Waals surface area contributed by atoms with Gasteiger partial charge < -0.3 is 15.6 Å². The van der Waals surface area contributed by atoms with E-state index in [0.29, 0.717) is 0 Å². The average molecular weight is 297 g/mol. The fraction of sp³-hybridized carbons (Fsp3) is 0.438. The quantitative estimate of drug-likeness (QED) is 0.884. The number of nitrogens with two attached hydrogens (primary N) is 1. The molecule has 2 aliphatic rings. The van der Waals surface area contributed by atoms with E-state index < -0.39 is 5.54 Å². The van der Waals surface area contributed by atoms with Crippen molar-refractivity contribution in [2.45, 2.75) is 36.8 Å². The maximum absolute atomic E-state index is 12.2. The van der Waals surface area contributed by atoms with Gasteiger partial charge in [0.2, 0.25) is 5.91 Å². The third-order valence-electron chi connectivity index (χ3n) is 4.68. The van der Waals surface area contributed by atoms with Crippen molar-refractivity contribution in [3.63, 3.8) is 0 Å². The SMILES string of the molecule is Cn1ccnc1-c1ccc(C2(NC(=O)C3(N)CC3)CC2)nc1. The normalized spacial score (nSPS) is 20.5. The first-order valence-corrected chi connectivity index (χ1v) is 7.58. The number of imidazole rings is 1. The molecule has 2 aliphatic carbocycles. The highest BCUT2D eigenvalue weighted by atomic mass is 16.2. The van der Waals surface area contributed by atoms with Gasteiger partial charge in [-0.2, -0.15) is 0 Å². The minimum absolute atomic E-state index is 0.0417. The molecule has 4 rings (SSSR count). The molecular formula is C16H19N5O. The van der Waals surface area contributed by atoms with Gasteiger partial charge in [-0.3, -0.25) is 9.78 Å². The van der Waals surface area contributed by atoms with Crippen molar-refractivity contribution in [3.8, 4) is 11.4 Å². The van der Waals surface area contributed by atoms with Gasteiger partial charge in [-0.05, 0) is 37.8 Å². The predicted octanol–water partition coefficient (Wildman–Crippen LogP) is 1.08. The number of hydrogen-bond donors (Lipinski definition) is 2. The monoisotopic (exact) mass is 297 g/mol. The molecular weight excluding hydrogens is 278 g/mol. The Morgan fingerprint density at radius 2 is 2.05 bits per heavy atom. The molecule has 0 aromatic carbocycles. The molecule has 1 amide bonds. The van der Waals surface area contributed by atoms with E-state index in [-0.39, 0.29) is 11.4 Å². The van der Waals surface area contributed by atoms with Crippen LogP contribution in [0.15, 0.2) is 30.7 Å². The number of rotatable bonds is 4. The molecule has 22 heavy (non-hydrogen) atoms. The number of carbonyl (C=O) groups excluding carboxylic acids is 1. The molecule has 2 saturated carbocycles. The van der Waals surface area contributed by atoms with Gasteiger partial charge in [-0.1, -0.05) is 0 Å². The molecule has 0 unspecified atom stereocenters. The van der Waals surface area contributed by atoms with E-state index in [0.717, 1.165) is 42.8 Å². The van der Waals surface area contributed by atoms with Gasteiger partial charge in [-0.25, -0.2) is 4.98 Å². The summed E-state index contributed by atoms with van der Waals surface area (Å²) in [5.41, 5.74) is 6.89. The van der Waals surface area contributed by atoms with Crippen LogP contribution in [-0.4, -0.2) is 26.0 Å². The molecule has 6 heteroatoms. The molecule has 3 N–H and O–H groups in total. The highest BCUT2D eigenvalue weighted by Gasteiger charge is 2.53. The highest BCUT2D eigenvalue weighted by molar-refractivity contribution is 5.90. The molecule has 0 atom stereocenters. The fourth-order valence-electron chi connectivity index (χ4n) is 2.73. The van der Waals surface area contributed by atoms with E-state index in [9.17, 15) is 4.79 Å². The van der Waals surface area contributed by atoms with Crippen molar-refractivity contribution in [1.29, 1.82) is 0 Å². The van der Waals surface area contributed by atoms with E-state index in [4.69, 9.17) is 5.73 Å². The van der Waals surface area contributed by atoms with Crippen molar-refractivity contribution < 1.29 is 4.79 Å². The molecule has 0 bridgehead atoms. The van der Waals surface area contributed by atoms with Gasteiger partial charge in [0.15, 0.2) is 0 Å². The summed E-state index contributed by atoms with van der Waals surface area (Å²) in [4.78, 5) is 21.1. The Hall–Kier alpha value is -2.21. The van der Waals surface area contributed by atoms with Crippen molar-refractivity contribution >= 4 is 5.91 Å². The summed E-state index contributed by atoms with van der Waals surface area (Å²) in [7, 11) is 1.95. The number of hydrogen-bond acceptors (Lipinski definition) is 4. The van der Waals surface area contributed by atoms with Crippen molar-refractivity contribution in [2.24, 2.45) is 12.8 Å². The Morgan fingerprint density at radius 3 is 2.55 bits per heavy atom. The second-order valence-corrected chi connectivity index (χ2v) is 6.49. The molecule has 2 fully saturated rings. The van der Waals surface area contributed by atoms with Crippen molar-refractivity contribution in [2.75, 3.05) is 0 Å². The fourth-order valence-corrected chi connectivity index (χ4v) is 2.73. The second kappa shape index (κ2) is 4.39. The van der Waals surface area contributed by atoms with Crippen LogP contribution in [0.5, 0.6) is 0 Å². The molecule has 2 aromatic heterocycles. The van der Waals surface area contributed by atoms with Gasteiger partial charge in [0.1, 0.15) is 5.82 Å². The smallest absolute Gasteiger partial charge is 0.240 e. The molecule has 0 radical (unpaired) electrons. The summed E-state index contributed by atoms with van der Waals surface area (Å²) in [6.45, 7) is 0. The summed E-state index contributed by atoms with van der Waals surface area (Å²) < 4.78 is 1.95. The first-order valence-electron chi connectivity index (χ1n) is 7.58. The van der Waals surface area contributed by atoms with Crippen LogP contribution in [0, 0.1) is 0 Å². The largest absolute Gasteiger partial charge is 0.343 e. The van der Waals surface area contributed by atoms with Crippen LogP contribution in [-0.2, 0) is 17.4 Å². The summed E-state index contributed by atoms with van der Waals surface area (Å²) in [5, 5.41) is 3.10. The van der Waals surface area contributed by atoms with Crippen LogP contribution in [0.3, 0.4) is 0 Å². The molecule has 6 nitrogen and oxygen atoms in total. The van der Waals surface area contributed by atoms with E-state index in [1.54, 1.807) is 6.20 Å². The minimum atomic E-state index is -0.636. The standard InChI is InChI=1S/C16H19N5O/c1-21-9-8-18-13(21)11-2-3-12(19-10-11)16(6-7-16)20-14(22)15(17)4-5-15/h2-3,8-10H,4-7,17H2,1H3,(H,20,22). The third-order valence-corrected chi connectivity index (χ3v) is 4.68. The van der Waals surface area contributed by atoms with Crippen LogP contribution in [0.25, 0.3) is 11.4 Å². The van der Waals surface area contributed by atoms with Gasteiger partial charge in [0.05, 0.1) is 16.8 Å². The number of carbonyl (C=O) groups is 1. The number of amides is 1. The Morgan fingerprint density at radius 1 is 1.27 bits per heavy atom. The number of nitrogens with one attached hydrogen (secondary N) is 1. The average Bonchev–Trinajstić information content (AvgIpc) is 3.41. The summed E-state index contributed by atoms with van der Waals surface area (Å²) >= 11 is 0. The molecule has 0 spiro atoms. The summed E-state index contributed by atoms with van der Waals surface area (Å²) in [6, 6.07) is 3.99. The topological polar surface area (TPSA) is 85.8 Å². The number of aromatic nitrogens is 3. The zero-order valence-corrected chi connectivity index (χ0v) is 12.5. The third kappa shape index (κ3) is 2.11. The maximum Gasteiger partial charge on any atom is 0.240 e. The lowest BCUT2D eigenvalue weighted by Gasteiger charge is -2.19. The molecule has 0 saturated heterocycles. The Labute approximate surface area is 128 Å². The van der Waals surface area contributed by atoms with E-state index >= 15 is 0 Å². The molecule has 114 valence electrons. The van der Waals surface area contributed by atoms with Crippen molar-refractivity contribution in [1.82, 2.24) is 19.9 Å². The van der Waals surface area contributed by atoms with Crippen LogP contribution < -0.4 is 11.1 Å².